The third-order valence-electron chi connectivity index (χ3n) is 5.55. The number of ketones is 1. The third kappa shape index (κ3) is 5.90. The average molecular weight is 519 g/mol. The Hall–Kier alpha value is -3.75. The summed E-state index contributed by atoms with van der Waals surface area (Å²) in [6.45, 7) is 6.35. The van der Waals surface area contributed by atoms with Gasteiger partial charge < -0.3 is 5.32 Å². The van der Waals surface area contributed by atoms with E-state index in [2.05, 4.69) is 30.8 Å². The molecule has 0 saturated heterocycles. The second kappa shape index (κ2) is 10.1. The lowest BCUT2D eigenvalue weighted by molar-refractivity contribution is 0.102. The molecule has 2 N–H and O–H groups in total. The molecule has 1 heterocycles. The number of benzene rings is 3. The molecule has 0 aliphatic carbocycles. The number of anilines is 2. The maximum atomic E-state index is 13.0. The first-order valence-electron chi connectivity index (χ1n) is 11.3. The summed E-state index contributed by atoms with van der Waals surface area (Å²) in [7, 11) is -3.66. The van der Waals surface area contributed by atoms with Crippen LogP contribution in [0.25, 0.3) is 0 Å². The molecule has 3 aromatic carbocycles. The molecule has 0 saturated carbocycles. The van der Waals surface area contributed by atoms with Crippen molar-refractivity contribution < 1.29 is 18.0 Å². The van der Waals surface area contributed by atoms with Gasteiger partial charge in [0.15, 0.2) is 5.78 Å². The van der Waals surface area contributed by atoms with Gasteiger partial charge in [0.1, 0.15) is 4.21 Å². The Morgan fingerprint density at radius 3 is 2.03 bits per heavy atom. The molecule has 0 aliphatic rings. The molecule has 0 fully saturated rings. The maximum Gasteiger partial charge on any atom is 0.271 e. The molecule has 4 rings (SSSR count). The van der Waals surface area contributed by atoms with E-state index in [1.165, 1.54) is 30.3 Å². The molecule has 0 aliphatic heterocycles. The Morgan fingerprint density at radius 1 is 0.750 bits per heavy atom. The number of rotatable bonds is 7. The van der Waals surface area contributed by atoms with Crippen molar-refractivity contribution in [2.45, 2.75) is 30.4 Å². The average Bonchev–Trinajstić information content (AvgIpc) is 3.40. The van der Waals surface area contributed by atoms with Crippen LogP contribution in [0, 0.1) is 0 Å². The number of carbonyl (C=O) groups is 2. The Kier molecular flexibility index (Phi) is 7.10. The van der Waals surface area contributed by atoms with E-state index in [-0.39, 0.29) is 21.3 Å². The first kappa shape index (κ1) is 25.3. The number of nitrogens with one attached hydrogen (secondary N) is 2. The number of hydrogen-bond donors (Lipinski definition) is 2. The Balaban J connectivity index is 1.44. The minimum absolute atomic E-state index is 0.00162. The highest BCUT2D eigenvalue weighted by Crippen LogP contribution is 2.24. The predicted octanol–water partition coefficient (Wildman–Crippen LogP) is 6.33. The van der Waals surface area contributed by atoms with Crippen molar-refractivity contribution in [3.05, 3.63) is 113 Å². The molecular weight excluding hydrogens is 492 g/mol. The predicted molar refractivity (Wildman–Crippen MR) is 145 cm³/mol. The summed E-state index contributed by atoms with van der Waals surface area (Å²) in [6.07, 6.45) is 0. The Labute approximate surface area is 215 Å². The molecule has 0 unspecified atom stereocenters. The highest BCUT2D eigenvalue weighted by atomic mass is 32.2. The van der Waals surface area contributed by atoms with Crippen LogP contribution in [0.3, 0.4) is 0 Å². The molecule has 0 spiro atoms. The minimum atomic E-state index is -3.66. The van der Waals surface area contributed by atoms with Crippen molar-refractivity contribution >= 4 is 44.4 Å². The van der Waals surface area contributed by atoms with Crippen molar-refractivity contribution in [2.75, 3.05) is 10.0 Å². The van der Waals surface area contributed by atoms with E-state index in [1.54, 1.807) is 35.7 Å². The summed E-state index contributed by atoms with van der Waals surface area (Å²) in [5.41, 5.74) is 3.37. The zero-order valence-electron chi connectivity index (χ0n) is 20.1. The van der Waals surface area contributed by atoms with Crippen molar-refractivity contribution in [3.63, 3.8) is 0 Å². The summed E-state index contributed by atoms with van der Waals surface area (Å²) in [5.74, 6) is -0.504. The fourth-order valence-corrected chi connectivity index (χ4v) is 5.59. The van der Waals surface area contributed by atoms with E-state index in [1.807, 2.05) is 24.3 Å². The molecule has 4 aromatic rings. The zero-order valence-corrected chi connectivity index (χ0v) is 21.7. The molecular formula is C28H26N2O4S2. The van der Waals surface area contributed by atoms with Crippen LogP contribution in [0.5, 0.6) is 0 Å². The summed E-state index contributed by atoms with van der Waals surface area (Å²) in [5, 5.41) is 4.48. The van der Waals surface area contributed by atoms with Gasteiger partial charge in [-0.25, -0.2) is 8.42 Å². The summed E-state index contributed by atoms with van der Waals surface area (Å²) >= 11 is 1.12. The van der Waals surface area contributed by atoms with Gasteiger partial charge >= 0.3 is 0 Å². The highest BCUT2D eigenvalue weighted by Gasteiger charge is 2.17. The zero-order chi connectivity index (χ0) is 25.9. The summed E-state index contributed by atoms with van der Waals surface area (Å²) < 4.78 is 27.4. The normalized spacial score (nSPS) is 11.6. The van der Waals surface area contributed by atoms with Crippen LogP contribution in [0.1, 0.15) is 52.6 Å². The van der Waals surface area contributed by atoms with Crippen LogP contribution in [0.2, 0.25) is 0 Å². The quantitative estimate of drug-likeness (QED) is 0.280. The lowest BCUT2D eigenvalue weighted by Crippen LogP contribution is -2.14. The summed E-state index contributed by atoms with van der Waals surface area (Å²) in [6, 6.07) is 23.7. The Morgan fingerprint density at radius 2 is 1.42 bits per heavy atom. The van der Waals surface area contributed by atoms with Gasteiger partial charge in [-0.05, 0) is 58.8 Å². The lowest BCUT2D eigenvalue weighted by Gasteiger charge is -2.19. The van der Waals surface area contributed by atoms with Gasteiger partial charge in [-0.3, -0.25) is 14.3 Å². The first-order valence-corrected chi connectivity index (χ1v) is 13.6. The number of carbonyl (C=O) groups excluding carboxylic acids is 2. The van der Waals surface area contributed by atoms with E-state index in [0.717, 1.165) is 16.9 Å². The number of thiophene rings is 1. The molecule has 1 amide bonds. The molecule has 8 heteroatoms. The fraction of sp³-hybridized carbons (Fsp3) is 0.143. The van der Waals surface area contributed by atoms with E-state index in [4.69, 9.17) is 0 Å². The van der Waals surface area contributed by atoms with Crippen molar-refractivity contribution in [3.8, 4) is 0 Å². The first-order chi connectivity index (χ1) is 17.0. The van der Waals surface area contributed by atoms with E-state index >= 15 is 0 Å². The van der Waals surface area contributed by atoms with Gasteiger partial charge in [-0.15, -0.1) is 11.3 Å². The lowest BCUT2D eigenvalue weighted by atomic mass is 9.86. The van der Waals surface area contributed by atoms with Crippen LogP contribution < -0.4 is 10.0 Å². The minimum Gasteiger partial charge on any atom is -0.322 e. The van der Waals surface area contributed by atoms with Crippen LogP contribution in [-0.4, -0.2) is 20.1 Å². The van der Waals surface area contributed by atoms with Gasteiger partial charge in [0.25, 0.3) is 15.9 Å². The third-order valence-corrected chi connectivity index (χ3v) is 8.33. The van der Waals surface area contributed by atoms with Crippen LogP contribution in [-0.2, 0) is 15.4 Å². The van der Waals surface area contributed by atoms with Crippen molar-refractivity contribution in [2.24, 2.45) is 0 Å². The molecule has 184 valence electrons. The van der Waals surface area contributed by atoms with E-state index in [9.17, 15) is 18.0 Å². The topological polar surface area (TPSA) is 92.3 Å². The highest BCUT2D eigenvalue weighted by molar-refractivity contribution is 7.94. The van der Waals surface area contributed by atoms with Crippen LogP contribution >= 0.6 is 11.3 Å². The maximum absolute atomic E-state index is 13.0. The van der Waals surface area contributed by atoms with Crippen molar-refractivity contribution in [1.29, 1.82) is 0 Å². The van der Waals surface area contributed by atoms with Gasteiger partial charge in [0.2, 0.25) is 0 Å². The van der Waals surface area contributed by atoms with E-state index < -0.39 is 10.0 Å². The number of sulfonamides is 1. The van der Waals surface area contributed by atoms with Gasteiger partial charge in [0, 0.05) is 28.1 Å². The second-order valence-electron chi connectivity index (χ2n) is 9.31. The van der Waals surface area contributed by atoms with Crippen molar-refractivity contribution in [1.82, 2.24) is 0 Å². The molecule has 0 radical (unpaired) electrons. The molecule has 6 nitrogen and oxygen atoms in total. The van der Waals surface area contributed by atoms with Gasteiger partial charge in [-0.2, -0.15) is 0 Å². The molecule has 0 bridgehead atoms. The Bertz CT molecular complexity index is 1480. The molecule has 36 heavy (non-hydrogen) atoms. The number of hydrogen-bond acceptors (Lipinski definition) is 5. The largest absolute Gasteiger partial charge is 0.322 e. The SMILES string of the molecule is CC(C)(C)c1ccc(C(=O)c2cccc(NC(=O)c3ccc(NS(=O)(=O)c4cccs4)cc3)c2)cc1. The van der Waals surface area contributed by atoms with Crippen LogP contribution in [0.4, 0.5) is 11.4 Å². The molecule has 1 aromatic heterocycles. The smallest absolute Gasteiger partial charge is 0.271 e. The van der Waals surface area contributed by atoms with E-state index in [0.29, 0.717) is 28.1 Å². The van der Waals surface area contributed by atoms with Gasteiger partial charge in [-0.1, -0.05) is 63.2 Å². The monoisotopic (exact) mass is 518 g/mol. The van der Waals surface area contributed by atoms with Gasteiger partial charge in [0.05, 0.1) is 0 Å². The van der Waals surface area contributed by atoms with Crippen LogP contribution in [0.15, 0.2) is 94.5 Å². The molecule has 0 atom stereocenters. The fourth-order valence-electron chi connectivity index (χ4n) is 3.54. The standard InChI is InChI=1S/C28H26N2O4S2/c1-28(2,3)22-13-9-19(10-14-22)26(31)21-6-4-7-24(18-21)29-27(32)20-11-15-23(16-12-20)30-36(33,34)25-8-5-17-35-25/h4-18,30H,1-3H3,(H,29,32). The second-order valence-corrected chi connectivity index (χ2v) is 12.2. The number of amides is 1. The summed E-state index contributed by atoms with van der Waals surface area (Å²) in [4.78, 5) is 25.7.